The highest BCUT2D eigenvalue weighted by atomic mass is 16.5. The fraction of sp³-hybridized carbons (Fsp3) is 0.263. The van der Waals surface area contributed by atoms with Crippen molar-refractivity contribution in [2.45, 2.75) is 32.9 Å². The minimum absolute atomic E-state index is 0.104. The first-order chi connectivity index (χ1) is 11.8. The van der Waals surface area contributed by atoms with Crippen LogP contribution in [-0.2, 0) is 0 Å². The van der Waals surface area contributed by atoms with Crippen LogP contribution in [0.1, 0.15) is 42.6 Å². The van der Waals surface area contributed by atoms with Gasteiger partial charge in [-0.3, -0.25) is 0 Å². The molecule has 0 saturated carbocycles. The van der Waals surface area contributed by atoms with Crippen molar-refractivity contribution in [3.8, 4) is 5.75 Å². The van der Waals surface area contributed by atoms with E-state index in [0.29, 0.717) is 17.4 Å². The number of carboxylic acids is 1. The van der Waals surface area contributed by atoms with Crippen LogP contribution < -0.4 is 15.4 Å². The molecule has 3 N–H and O–H groups in total. The Morgan fingerprint density at radius 3 is 2.32 bits per heavy atom. The molecule has 2 aromatic rings. The molecule has 2 rings (SSSR count). The van der Waals surface area contributed by atoms with Crippen molar-refractivity contribution in [3.63, 3.8) is 0 Å². The van der Waals surface area contributed by atoms with Crippen LogP contribution in [0.2, 0.25) is 0 Å². The van der Waals surface area contributed by atoms with E-state index >= 15 is 0 Å². The Bertz CT molecular complexity index is 741. The van der Waals surface area contributed by atoms with Gasteiger partial charge in [-0.05, 0) is 48.7 Å². The standard InChI is InChI=1S/C19H22N2O4/c1-12(2)14-7-9-17(10-8-14)25-13(3)20-19(24)21-16-6-4-5-15(11-16)18(22)23/h4-13H,1-3H3,(H,22,23)(H2,20,21,24). The third kappa shape index (κ3) is 5.53. The number of amides is 2. The molecule has 132 valence electrons. The van der Waals surface area contributed by atoms with E-state index in [1.165, 1.54) is 17.7 Å². The summed E-state index contributed by atoms with van der Waals surface area (Å²) >= 11 is 0. The van der Waals surface area contributed by atoms with E-state index in [2.05, 4.69) is 24.5 Å². The zero-order valence-electron chi connectivity index (χ0n) is 14.4. The Balaban J connectivity index is 1.89. The summed E-state index contributed by atoms with van der Waals surface area (Å²) < 4.78 is 5.65. The van der Waals surface area contributed by atoms with Gasteiger partial charge in [0, 0.05) is 5.69 Å². The minimum Gasteiger partial charge on any atom is -0.478 e. The summed E-state index contributed by atoms with van der Waals surface area (Å²) in [5.41, 5.74) is 1.71. The minimum atomic E-state index is -1.05. The van der Waals surface area contributed by atoms with Crippen molar-refractivity contribution in [2.24, 2.45) is 0 Å². The van der Waals surface area contributed by atoms with E-state index in [-0.39, 0.29) is 5.56 Å². The number of ether oxygens (including phenoxy) is 1. The number of carbonyl (C=O) groups is 2. The Morgan fingerprint density at radius 2 is 1.72 bits per heavy atom. The first-order valence-electron chi connectivity index (χ1n) is 8.02. The fourth-order valence-electron chi connectivity index (χ4n) is 2.25. The summed E-state index contributed by atoms with van der Waals surface area (Å²) in [5.74, 6) is 0.0487. The monoisotopic (exact) mass is 342 g/mol. The molecule has 0 aliphatic carbocycles. The lowest BCUT2D eigenvalue weighted by molar-refractivity contribution is 0.0697. The molecule has 0 aromatic heterocycles. The summed E-state index contributed by atoms with van der Waals surface area (Å²) in [6.45, 7) is 5.94. The molecule has 6 nitrogen and oxygen atoms in total. The third-order valence-electron chi connectivity index (χ3n) is 3.56. The lowest BCUT2D eigenvalue weighted by atomic mass is 10.0. The maximum atomic E-state index is 12.0. The Kier molecular flexibility index (Phi) is 6.00. The molecular formula is C19H22N2O4. The van der Waals surface area contributed by atoms with Crippen LogP contribution in [0.5, 0.6) is 5.75 Å². The predicted octanol–water partition coefficient (Wildman–Crippen LogP) is 4.05. The number of anilines is 1. The highest BCUT2D eigenvalue weighted by Crippen LogP contribution is 2.19. The number of hydrogen-bond acceptors (Lipinski definition) is 3. The summed E-state index contributed by atoms with van der Waals surface area (Å²) in [7, 11) is 0. The quantitative estimate of drug-likeness (QED) is 0.691. The van der Waals surface area contributed by atoms with Gasteiger partial charge in [-0.1, -0.05) is 32.0 Å². The SMILES string of the molecule is CC(NC(=O)Nc1cccc(C(=O)O)c1)Oc1ccc(C(C)C)cc1. The highest BCUT2D eigenvalue weighted by Gasteiger charge is 2.10. The van der Waals surface area contributed by atoms with Crippen LogP contribution in [0.25, 0.3) is 0 Å². The number of carboxylic acid groups (broad SMARTS) is 1. The average Bonchev–Trinajstić information content (AvgIpc) is 2.55. The van der Waals surface area contributed by atoms with Crippen LogP contribution in [0.3, 0.4) is 0 Å². The van der Waals surface area contributed by atoms with E-state index in [4.69, 9.17) is 9.84 Å². The van der Waals surface area contributed by atoms with Crippen LogP contribution >= 0.6 is 0 Å². The zero-order valence-corrected chi connectivity index (χ0v) is 14.4. The molecule has 0 bridgehead atoms. The first kappa shape index (κ1) is 18.3. The van der Waals surface area contributed by atoms with E-state index in [1.54, 1.807) is 19.1 Å². The molecule has 0 fully saturated rings. The third-order valence-corrected chi connectivity index (χ3v) is 3.56. The molecule has 0 aliphatic heterocycles. The maximum Gasteiger partial charge on any atom is 0.335 e. The van der Waals surface area contributed by atoms with Gasteiger partial charge in [-0.15, -0.1) is 0 Å². The van der Waals surface area contributed by atoms with Gasteiger partial charge in [-0.2, -0.15) is 0 Å². The number of aromatic carboxylic acids is 1. The van der Waals surface area contributed by atoms with Gasteiger partial charge in [0.25, 0.3) is 0 Å². The van der Waals surface area contributed by atoms with E-state index in [9.17, 15) is 9.59 Å². The van der Waals surface area contributed by atoms with Crippen LogP contribution in [0, 0.1) is 0 Å². The number of urea groups is 1. The smallest absolute Gasteiger partial charge is 0.335 e. The van der Waals surface area contributed by atoms with E-state index < -0.39 is 18.2 Å². The number of carbonyl (C=O) groups excluding carboxylic acids is 1. The molecule has 1 atom stereocenters. The molecule has 25 heavy (non-hydrogen) atoms. The molecule has 0 radical (unpaired) electrons. The normalized spacial score (nSPS) is 11.7. The Morgan fingerprint density at radius 1 is 1.04 bits per heavy atom. The van der Waals surface area contributed by atoms with Crippen molar-refractivity contribution in [3.05, 3.63) is 59.7 Å². The molecule has 6 heteroatoms. The van der Waals surface area contributed by atoms with Crippen LogP contribution in [0.4, 0.5) is 10.5 Å². The second kappa shape index (κ2) is 8.19. The Labute approximate surface area is 146 Å². The second-order valence-electron chi connectivity index (χ2n) is 5.97. The van der Waals surface area contributed by atoms with Crippen molar-refractivity contribution >= 4 is 17.7 Å². The maximum absolute atomic E-state index is 12.0. The second-order valence-corrected chi connectivity index (χ2v) is 5.97. The van der Waals surface area contributed by atoms with Crippen molar-refractivity contribution in [2.75, 3.05) is 5.32 Å². The van der Waals surface area contributed by atoms with Crippen molar-refractivity contribution in [1.29, 1.82) is 0 Å². The summed E-state index contributed by atoms with van der Waals surface area (Å²) in [5, 5.41) is 14.2. The summed E-state index contributed by atoms with van der Waals surface area (Å²) in [6, 6.07) is 13.2. The molecule has 1 unspecified atom stereocenters. The topological polar surface area (TPSA) is 87.7 Å². The molecular weight excluding hydrogens is 320 g/mol. The lowest BCUT2D eigenvalue weighted by Gasteiger charge is -2.17. The predicted molar refractivity (Wildman–Crippen MR) is 96.2 cm³/mol. The van der Waals surface area contributed by atoms with Crippen molar-refractivity contribution < 1.29 is 19.4 Å². The Hall–Kier alpha value is -3.02. The fourth-order valence-corrected chi connectivity index (χ4v) is 2.25. The van der Waals surface area contributed by atoms with Gasteiger partial charge in [0.15, 0.2) is 6.23 Å². The van der Waals surface area contributed by atoms with Crippen LogP contribution in [0.15, 0.2) is 48.5 Å². The van der Waals surface area contributed by atoms with Gasteiger partial charge in [0.2, 0.25) is 0 Å². The van der Waals surface area contributed by atoms with Gasteiger partial charge < -0.3 is 20.5 Å². The van der Waals surface area contributed by atoms with Gasteiger partial charge in [0.05, 0.1) is 5.56 Å². The van der Waals surface area contributed by atoms with Crippen molar-refractivity contribution in [1.82, 2.24) is 5.32 Å². The molecule has 2 amide bonds. The first-order valence-corrected chi connectivity index (χ1v) is 8.02. The van der Waals surface area contributed by atoms with Crippen LogP contribution in [-0.4, -0.2) is 23.3 Å². The van der Waals surface area contributed by atoms with Gasteiger partial charge in [-0.25, -0.2) is 9.59 Å². The van der Waals surface area contributed by atoms with Gasteiger partial charge in [0.1, 0.15) is 5.75 Å². The lowest BCUT2D eigenvalue weighted by Crippen LogP contribution is -2.39. The summed E-state index contributed by atoms with van der Waals surface area (Å²) in [6.07, 6.45) is -0.549. The van der Waals surface area contributed by atoms with E-state index in [1.807, 2.05) is 24.3 Å². The molecule has 0 heterocycles. The average molecular weight is 342 g/mol. The number of benzene rings is 2. The largest absolute Gasteiger partial charge is 0.478 e. The molecule has 0 aliphatic rings. The molecule has 0 saturated heterocycles. The summed E-state index contributed by atoms with van der Waals surface area (Å²) in [4.78, 5) is 22.9. The molecule has 0 spiro atoms. The zero-order chi connectivity index (χ0) is 18.4. The number of nitrogens with one attached hydrogen (secondary N) is 2. The highest BCUT2D eigenvalue weighted by molar-refractivity contribution is 5.93. The number of rotatable bonds is 6. The van der Waals surface area contributed by atoms with E-state index in [0.717, 1.165) is 0 Å². The van der Waals surface area contributed by atoms with Gasteiger partial charge >= 0.3 is 12.0 Å². The molecule has 2 aromatic carbocycles. The number of hydrogen-bond donors (Lipinski definition) is 3.